The number of rotatable bonds is 3. The van der Waals surface area contributed by atoms with Gasteiger partial charge in [0.15, 0.2) is 0 Å². The molecule has 5 heteroatoms. The van der Waals surface area contributed by atoms with Crippen molar-refractivity contribution in [2.24, 2.45) is 0 Å². The van der Waals surface area contributed by atoms with E-state index in [4.69, 9.17) is 0 Å². The number of carbonyl (C=O) groups excluding carboxylic acids is 1. The Morgan fingerprint density at radius 1 is 1.23 bits per heavy atom. The molecule has 0 radical (unpaired) electrons. The molecule has 1 spiro atoms. The first kappa shape index (κ1) is 17.3. The van der Waals surface area contributed by atoms with Crippen LogP contribution in [-0.4, -0.2) is 50.9 Å². The van der Waals surface area contributed by atoms with E-state index in [-0.39, 0.29) is 11.4 Å². The van der Waals surface area contributed by atoms with Crippen LogP contribution in [0.1, 0.15) is 37.9 Å². The highest BCUT2D eigenvalue weighted by Crippen LogP contribution is 2.35. The number of fused-ring (bicyclic) bond motifs is 2. The van der Waals surface area contributed by atoms with Gasteiger partial charge in [-0.15, -0.1) is 0 Å². The zero-order valence-electron chi connectivity index (χ0n) is 15.8. The smallest absolute Gasteiger partial charge is 0.227 e. The summed E-state index contributed by atoms with van der Waals surface area (Å²) < 4.78 is 2.35. The Kier molecular flexibility index (Phi) is 4.57. The highest BCUT2D eigenvalue weighted by molar-refractivity contribution is 5.79. The van der Waals surface area contributed by atoms with Gasteiger partial charge < -0.3 is 9.47 Å². The van der Waals surface area contributed by atoms with E-state index in [9.17, 15) is 4.79 Å². The molecule has 0 aliphatic carbocycles. The Bertz CT molecular complexity index is 769. The van der Waals surface area contributed by atoms with Crippen LogP contribution >= 0.6 is 0 Å². The van der Waals surface area contributed by atoms with Gasteiger partial charge in [0, 0.05) is 38.4 Å². The maximum atomic E-state index is 12.9. The normalized spacial score (nSPS) is 23.4. The fourth-order valence-corrected chi connectivity index (χ4v) is 4.48. The second-order valence-electron chi connectivity index (χ2n) is 8.06. The molecular formula is C21H28N4O. The van der Waals surface area contributed by atoms with Crippen LogP contribution in [0.2, 0.25) is 0 Å². The minimum atomic E-state index is -0.0427. The van der Waals surface area contributed by atoms with Crippen molar-refractivity contribution in [3.8, 4) is 0 Å². The fourth-order valence-electron chi connectivity index (χ4n) is 4.48. The lowest BCUT2D eigenvalue weighted by atomic mass is 9.85. The second kappa shape index (κ2) is 6.88. The van der Waals surface area contributed by atoms with E-state index in [1.54, 1.807) is 0 Å². The minimum Gasteiger partial charge on any atom is -0.340 e. The molecule has 1 saturated heterocycles. The Morgan fingerprint density at radius 3 is 2.81 bits per heavy atom. The molecule has 0 N–H and O–H groups in total. The molecule has 4 rings (SSSR count). The number of aromatic nitrogens is 2. The third-order valence-corrected chi connectivity index (χ3v) is 5.93. The topological polar surface area (TPSA) is 41.4 Å². The van der Waals surface area contributed by atoms with Crippen LogP contribution < -0.4 is 0 Å². The molecule has 2 aromatic rings. The minimum absolute atomic E-state index is 0.0427. The van der Waals surface area contributed by atoms with Crippen molar-refractivity contribution in [2.45, 2.75) is 51.2 Å². The first-order valence-electron chi connectivity index (χ1n) is 9.65. The molecule has 1 aromatic heterocycles. The monoisotopic (exact) mass is 352 g/mol. The maximum Gasteiger partial charge on any atom is 0.227 e. The van der Waals surface area contributed by atoms with Gasteiger partial charge in [0.05, 0.1) is 24.0 Å². The van der Waals surface area contributed by atoms with Gasteiger partial charge in [-0.25, -0.2) is 4.98 Å². The second-order valence-corrected chi connectivity index (χ2v) is 8.06. The maximum absolute atomic E-state index is 12.9. The van der Waals surface area contributed by atoms with E-state index in [1.165, 1.54) is 5.69 Å². The van der Waals surface area contributed by atoms with Gasteiger partial charge in [-0.05, 0) is 32.3 Å². The van der Waals surface area contributed by atoms with Crippen LogP contribution in [0.3, 0.4) is 0 Å². The van der Waals surface area contributed by atoms with E-state index in [1.807, 2.05) is 42.9 Å². The first-order chi connectivity index (χ1) is 12.6. The fraction of sp³-hybridized carbons (Fsp3) is 0.524. The summed E-state index contributed by atoms with van der Waals surface area (Å²) >= 11 is 0. The van der Waals surface area contributed by atoms with E-state index in [0.717, 1.165) is 44.6 Å². The summed E-state index contributed by atoms with van der Waals surface area (Å²) in [5.41, 5.74) is 2.31. The molecule has 1 atom stereocenters. The number of benzene rings is 1. The van der Waals surface area contributed by atoms with E-state index < -0.39 is 0 Å². The van der Waals surface area contributed by atoms with Gasteiger partial charge in [0.1, 0.15) is 0 Å². The van der Waals surface area contributed by atoms with Crippen molar-refractivity contribution in [1.29, 1.82) is 0 Å². The quantitative estimate of drug-likeness (QED) is 0.853. The molecule has 2 aliphatic rings. The highest BCUT2D eigenvalue weighted by Gasteiger charge is 2.43. The summed E-state index contributed by atoms with van der Waals surface area (Å²) in [5, 5.41) is 0. The van der Waals surface area contributed by atoms with Gasteiger partial charge in [0.2, 0.25) is 5.91 Å². The molecule has 0 saturated carbocycles. The molecule has 2 aliphatic heterocycles. The number of hydrogen-bond acceptors (Lipinski definition) is 3. The molecule has 138 valence electrons. The first-order valence-corrected chi connectivity index (χ1v) is 9.65. The standard InChI is InChI=1S/C21H28N4O/c1-17(2)24-13-19-12-22-16-25(19)21(15-24)9-6-10-23(14-21)20(26)11-18-7-4-3-5-8-18/h3-5,7-8,12,16-17H,6,9-11,13-15H2,1-2H3. The van der Waals surface area contributed by atoms with Crippen LogP contribution in [0.4, 0.5) is 0 Å². The molecule has 1 fully saturated rings. The lowest BCUT2D eigenvalue weighted by Crippen LogP contribution is -2.60. The van der Waals surface area contributed by atoms with Crippen molar-refractivity contribution in [1.82, 2.24) is 19.4 Å². The SMILES string of the molecule is CC(C)N1Cc2cncn2C2(CCCN(C(=O)Cc3ccccc3)C2)C1. The number of imidazole rings is 1. The van der Waals surface area contributed by atoms with Gasteiger partial charge in [-0.3, -0.25) is 9.69 Å². The average Bonchev–Trinajstić information content (AvgIpc) is 3.12. The van der Waals surface area contributed by atoms with Crippen LogP contribution in [0.5, 0.6) is 0 Å². The summed E-state index contributed by atoms with van der Waals surface area (Å²) in [7, 11) is 0. The molecule has 0 bridgehead atoms. The van der Waals surface area contributed by atoms with Crippen molar-refractivity contribution < 1.29 is 4.79 Å². The Morgan fingerprint density at radius 2 is 2.04 bits per heavy atom. The molecule has 1 unspecified atom stereocenters. The third-order valence-electron chi connectivity index (χ3n) is 5.93. The molecule has 26 heavy (non-hydrogen) atoms. The molecule has 3 heterocycles. The van der Waals surface area contributed by atoms with Crippen molar-refractivity contribution in [3.63, 3.8) is 0 Å². The van der Waals surface area contributed by atoms with Crippen molar-refractivity contribution in [2.75, 3.05) is 19.6 Å². The predicted octanol–water partition coefficient (Wildman–Crippen LogP) is 2.67. The number of carbonyl (C=O) groups is 1. The summed E-state index contributed by atoms with van der Waals surface area (Å²) in [6, 6.07) is 10.6. The van der Waals surface area contributed by atoms with Crippen molar-refractivity contribution >= 4 is 5.91 Å². The number of amides is 1. The van der Waals surface area contributed by atoms with Gasteiger partial charge >= 0.3 is 0 Å². The summed E-state index contributed by atoms with van der Waals surface area (Å²) in [4.78, 5) is 22.0. The van der Waals surface area contributed by atoms with Crippen LogP contribution in [-0.2, 0) is 23.3 Å². The lowest BCUT2D eigenvalue weighted by Gasteiger charge is -2.50. The molecular weight excluding hydrogens is 324 g/mol. The zero-order valence-corrected chi connectivity index (χ0v) is 15.8. The average molecular weight is 352 g/mol. The van der Waals surface area contributed by atoms with Gasteiger partial charge in [-0.2, -0.15) is 0 Å². The Balaban J connectivity index is 1.56. The highest BCUT2D eigenvalue weighted by atomic mass is 16.2. The van der Waals surface area contributed by atoms with Crippen LogP contribution in [0.25, 0.3) is 0 Å². The van der Waals surface area contributed by atoms with E-state index >= 15 is 0 Å². The lowest BCUT2D eigenvalue weighted by molar-refractivity contribution is -0.134. The Hall–Kier alpha value is -2.14. The van der Waals surface area contributed by atoms with Crippen LogP contribution in [0, 0.1) is 0 Å². The third kappa shape index (κ3) is 3.16. The predicted molar refractivity (Wildman–Crippen MR) is 102 cm³/mol. The number of nitrogens with zero attached hydrogens (tertiary/aromatic N) is 4. The summed E-state index contributed by atoms with van der Waals surface area (Å²) in [5.74, 6) is 0.235. The molecule has 1 aromatic carbocycles. The zero-order chi connectivity index (χ0) is 18.1. The van der Waals surface area contributed by atoms with Gasteiger partial charge in [-0.1, -0.05) is 30.3 Å². The van der Waals surface area contributed by atoms with E-state index in [0.29, 0.717) is 12.5 Å². The largest absolute Gasteiger partial charge is 0.340 e. The summed E-state index contributed by atoms with van der Waals surface area (Å²) in [6.07, 6.45) is 6.60. The molecule has 1 amide bonds. The van der Waals surface area contributed by atoms with Crippen molar-refractivity contribution in [3.05, 3.63) is 54.1 Å². The number of hydrogen-bond donors (Lipinski definition) is 0. The summed E-state index contributed by atoms with van der Waals surface area (Å²) in [6.45, 7) is 8.08. The Labute approximate surface area is 155 Å². The van der Waals surface area contributed by atoms with Crippen LogP contribution in [0.15, 0.2) is 42.9 Å². The molecule has 5 nitrogen and oxygen atoms in total. The number of piperidine rings is 1. The van der Waals surface area contributed by atoms with Gasteiger partial charge in [0.25, 0.3) is 0 Å². The van der Waals surface area contributed by atoms with E-state index in [2.05, 4.69) is 33.2 Å². The number of likely N-dealkylation sites (tertiary alicyclic amines) is 1.